The van der Waals surface area contributed by atoms with Crippen LogP contribution in [0.25, 0.3) is 0 Å². The monoisotopic (exact) mass is 827 g/mol. The van der Waals surface area contributed by atoms with Crippen molar-refractivity contribution in [1.29, 1.82) is 5.26 Å². The van der Waals surface area contributed by atoms with E-state index in [0.29, 0.717) is 52.4 Å². The summed E-state index contributed by atoms with van der Waals surface area (Å²) >= 11 is 3.29. The van der Waals surface area contributed by atoms with Crippen molar-refractivity contribution in [3.63, 3.8) is 0 Å². The Kier molecular flexibility index (Phi) is 13.9. The minimum atomic E-state index is -3.50. The molecule has 54 heavy (non-hydrogen) atoms. The van der Waals surface area contributed by atoms with E-state index in [-0.39, 0.29) is 0 Å². The Morgan fingerprint density at radius 1 is 0.741 bits per heavy atom. The van der Waals surface area contributed by atoms with Crippen LogP contribution in [-0.2, 0) is 45.0 Å². The summed E-state index contributed by atoms with van der Waals surface area (Å²) in [6, 6.07) is 28.3. The number of nitriles is 1. The molecule has 2 aliphatic rings. The van der Waals surface area contributed by atoms with Gasteiger partial charge in [-0.2, -0.15) is 9.57 Å². The quantitative estimate of drug-likeness (QED) is 0.162. The predicted molar refractivity (Wildman–Crippen MR) is 204 cm³/mol. The fourth-order valence-corrected chi connectivity index (χ4v) is 8.24. The summed E-state index contributed by atoms with van der Waals surface area (Å²) in [6.07, 6.45) is 11.7. The molecule has 276 valence electrons. The second-order valence-electron chi connectivity index (χ2n) is 11.3. The highest BCUT2D eigenvalue weighted by atomic mass is 79.9. The van der Waals surface area contributed by atoms with Gasteiger partial charge >= 0.3 is 0 Å². The fraction of sp³-hybridized carbons (Fsp3) is 0.132. The third kappa shape index (κ3) is 10.7. The summed E-state index contributed by atoms with van der Waals surface area (Å²) in [6.45, 7) is 2.35. The van der Waals surface area contributed by atoms with Crippen molar-refractivity contribution >= 4 is 36.0 Å². The normalized spacial score (nSPS) is 14.2. The zero-order valence-electron chi connectivity index (χ0n) is 28.9. The molecule has 16 heteroatoms. The standard InChI is InChI=1S/C18H15N3O3S.C12H10N2O3S.C6H6BrN.C2H3N/c22-25(23)18-6-5-16(24-17-4-2-8-20-11-17)9-15(18)13-21(25)12-14-3-1-7-19-10-14;15-18(16)12-4-3-10(6-9(12)7-14-18)17-11-2-1-5-13-8-11;7-5-6-3-1-2-4-8-6;1-2-3/h1-11H,12-13H2;1-6,8,14H,7H2;1-4H,5H2;1H3. The highest BCUT2D eigenvalue weighted by Crippen LogP contribution is 2.35. The number of nitrogens with one attached hydrogen (secondary N) is 1. The van der Waals surface area contributed by atoms with Crippen LogP contribution in [0.2, 0.25) is 0 Å². The summed E-state index contributed by atoms with van der Waals surface area (Å²) in [7, 11) is -6.81. The second-order valence-corrected chi connectivity index (χ2v) is 15.5. The average molecular weight is 829 g/mol. The fourth-order valence-electron chi connectivity index (χ4n) is 5.08. The highest BCUT2D eigenvalue weighted by Gasteiger charge is 2.35. The number of aromatic nitrogens is 4. The van der Waals surface area contributed by atoms with Crippen molar-refractivity contribution in [2.24, 2.45) is 0 Å². The zero-order chi connectivity index (χ0) is 38.4. The van der Waals surface area contributed by atoms with Gasteiger partial charge in [0, 0.05) is 62.9 Å². The maximum absolute atomic E-state index is 12.7. The lowest BCUT2D eigenvalue weighted by atomic mass is 10.2. The SMILES string of the molecule is BrCc1ccccn1.CC#N.O=S1(=O)NCc2cc(Oc3cccnc3)ccc21.O=S1(=O)c2ccc(Oc3cccnc3)cc2CN1Cc1cccnc1. The molecule has 1 N–H and O–H groups in total. The first-order valence-corrected chi connectivity index (χ1v) is 20.2. The maximum Gasteiger partial charge on any atom is 0.244 e. The molecule has 6 aromatic rings. The third-order valence-electron chi connectivity index (χ3n) is 7.46. The van der Waals surface area contributed by atoms with Gasteiger partial charge in [0.15, 0.2) is 0 Å². The summed E-state index contributed by atoms with van der Waals surface area (Å²) < 4.78 is 63.8. The molecule has 0 fully saturated rings. The Balaban J connectivity index is 0.000000168. The number of fused-ring (bicyclic) bond motifs is 2. The van der Waals surface area contributed by atoms with Gasteiger partial charge in [-0.1, -0.05) is 28.1 Å². The average Bonchev–Trinajstić information content (AvgIpc) is 3.63. The molecule has 0 spiro atoms. The summed E-state index contributed by atoms with van der Waals surface area (Å²) in [5, 5.41) is 8.16. The van der Waals surface area contributed by atoms with E-state index in [1.165, 1.54) is 11.2 Å². The van der Waals surface area contributed by atoms with Crippen molar-refractivity contribution in [2.45, 2.75) is 41.7 Å². The van der Waals surface area contributed by atoms with Crippen LogP contribution in [0, 0.1) is 11.3 Å². The number of benzene rings is 2. The topological polar surface area (TPSA) is 177 Å². The molecular weight excluding hydrogens is 794 g/mol. The molecule has 0 aliphatic carbocycles. The van der Waals surface area contributed by atoms with Gasteiger partial charge < -0.3 is 9.47 Å². The van der Waals surface area contributed by atoms with Gasteiger partial charge in [0.1, 0.15) is 23.0 Å². The van der Waals surface area contributed by atoms with Crippen LogP contribution in [0.1, 0.15) is 29.3 Å². The van der Waals surface area contributed by atoms with E-state index >= 15 is 0 Å². The van der Waals surface area contributed by atoms with Crippen LogP contribution in [0.15, 0.2) is 144 Å². The van der Waals surface area contributed by atoms with Crippen LogP contribution < -0.4 is 14.2 Å². The van der Waals surface area contributed by atoms with Crippen LogP contribution in [0.4, 0.5) is 0 Å². The van der Waals surface area contributed by atoms with Gasteiger partial charge in [-0.15, -0.1) is 0 Å². The Bertz CT molecular complexity index is 2390. The Morgan fingerprint density at radius 3 is 1.85 bits per heavy atom. The lowest BCUT2D eigenvalue weighted by Gasteiger charge is -2.13. The molecule has 0 radical (unpaired) electrons. The maximum atomic E-state index is 12.7. The first-order valence-electron chi connectivity index (χ1n) is 16.2. The second kappa shape index (κ2) is 19.0. The molecule has 0 saturated heterocycles. The van der Waals surface area contributed by atoms with E-state index in [4.69, 9.17) is 14.7 Å². The van der Waals surface area contributed by atoms with Gasteiger partial charge in [-0.25, -0.2) is 21.6 Å². The number of nitrogens with zero attached hydrogens (tertiary/aromatic N) is 6. The summed E-state index contributed by atoms with van der Waals surface area (Å²) in [5.74, 6) is 2.41. The Labute approximate surface area is 322 Å². The van der Waals surface area contributed by atoms with E-state index in [9.17, 15) is 16.8 Å². The largest absolute Gasteiger partial charge is 0.456 e. The van der Waals surface area contributed by atoms with Gasteiger partial charge in [0.25, 0.3) is 0 Å². The number of halogens is 1. The number of ether oxygens (including phenoxy) is 2. The zero-order valence-corrected chi connectivity index (χ0v) is 32.1. The van der Waals surface area contributed by atoms with Gasteiger partial charge in [0.05, 0.1) is 33.9 Å². The molecule has 6 heterocycles. The summed E-state index contributed by atoms with van der Waals surface area (Å²) in [4.78, 5) is 16.7. The third-order valence-corrected chi connectivity index (χ3v) is 11.4. The molecule has 0 amide bonds. The molecule has 0 unspecified atom stereocenters. The van der Waals surface area contributed by atoms with E-state index in [1.54, 1.807) is 116 Å². The number of pyridine rings is 4. The number of alkyl halides is 1. The Hall–Kier alpha value is -5.57. The van der Waals surface area contributed by atoms with Crippen LogP contribution in [0.5, 0.6) is 23.0 Å². The van der Waals surface area contributed by atoms with E-state index in [2.05, 4.69) is 40.6 Å². The van der Waals surface area contributed by atoms with E-state index in [0.717, 1.165) is 27.7 Å². The number of sulfonamides is 2. The Morgan fingerprint density at radius 2 is 1.33 bits per heavy atom. The number of hydrogen-bond donors (Lipinski definition) is 1. The van der Waals surface area contributed by atoms with Gasteiger partial charge in [-0.05, 0) is 95.6 Å². The molecular formula is C38H34BrN7O6S2. The molecule has 0 saturated carbocycles. The van der Waals surface area contributed by atoms with Crippen LogP contribution in [0.3, 0.4) is 0 Å². The molecule has 0 atom stereocenters. The molecule has 0 bridgehead atoms. The minimum absolute atomic E-state index is 0.295. The summed E-state index contributed by atoms with van der Waals surface area (Å²) in [5.41, 5.74) is 3.37. The van der Waals surface area contributed by atoms with Crippen molar-refractivity contribution in [3.05, 3.63) is 157 Å². The van der Waals surface area contributed by atoms with Crippen LogP contribution in [-0.4, -0.2) is 41.1 Å². The van der Waals surface area contributed by atoms with E-state index in [1.807, 2.05) is 24.3 Å². The lowest BCUT2D eigenvalue weighted by molar-refractivity contribution is 0.418. The van der Waals surface area contributed by atoms with Crippen molar-refractivity contribution in [2.75, 3.05) is 0 Å². The van der Waals surface area contributed by atoms with Crippen molar-refractivity contribution in [1.82, 2.24) is 29.0 Å². The number of rotatable bonds is 7. The first-order chi connectivity index (χ1) is 26.1. The van der Waals surface area contributed by atoms with Gasteiger partial charge in [0.2, 0.25) is 20.0 Å². The molecule has 8 rings (SSSR count). The van der Waals surface area contributed by atoms with Crippen LogP contribution >= 0.6 is 15.9 Å². The lowest BCUT2D eigenvalue weighted by Crippen LogP contribution is -2.23. The molecule has 4 aromatic heterocycles. The smallest absolute Gasteiger partial charge is 0.244 e. The molecule has 2 aliphatic heterocycles. The minimum Gasteiger partial charge on any atom is -0.456 e. The molecule has 13 nitrogen and oxygen atoms in total. The first kappa shape index (κ1) is 39.6. The van der Waals surface area contributed by atoms with E-state index < -0.39 is 20.0 Å². The number of hydrogen-bond acceptors (Lipinski definition) is 11. The van der Waals surface area contributed by atoms with Crippen molar-refractivity contribution in [3.8, 4) is 29.1 Å². The highest BCUT2D eigenvalue weighted by molar-refractivity contribution is 9.08. The molecule has 2 aromatic carbocycles. The van der Waals surface area contributed by atoms with Gasteiger partial charge in [-0.3, -0.25) is 19.9 Å². The van der Waals surface area contributed by atoms with Crippen molar-refractivity contribution < 1.29 is 26.3 Å². The predicted octanol–water partition coefficient (Wildman–Crippen LogP) is 7.15.